The molecule has 5 amide bonds. The maximum Gasteiger partial charge on any atom is 0.413 e. The van der Waals surface area contributed by atoms with Crippen molar-refractivity contribution in [2.24, 2.45) is 0 Å². The van der Waals surface area contributed by atoms with Crippen LogP contribution in [0.15, 0.2) is 0 Å². The lowest BCUT2D eigenvalue weighted by atomic mass is 9.95. The van der Waals surface area contributed by atoms with Crippen LogP contribution in [0.4, 0.5) is 9.80 Å². The van der Waals surface area contributed by atoms with Crippen molar-refractivity contribution in [1.29, 1.82) is 0 Å². The largest absolute Gasteiger partial charge is 0.453 e. The van der Waals surface area contributed by atoms with Crippen LogP contribution in [0.5, 0.6) is 0 Å². The van der Waals surface area contributed by atoms with Gasteiger partial charge in [-0.3, -0.25) is 29.4 Å². The van der Waals surface area contributed by atoms with Crippen LogP contribution in [-0.4, -0.2) is 48.3 Å². The average Bonchev–Trinajstić information content (AvgIpc) is 3.15. The summed E-state index contributed by atoms with van der Waals surface area (Å²) in [5.74, 6) is -1.98. The van der Waals surface area contributed by atoms with E-state index in [0.29, 0.717) is 11.4 Å². The third kappa shape index (κ3) is 4.00. The van der Waals surface area contributed by atoms with Crippen LogP contribution in [0.25, 0.3) is 0 Å². The Bertz CT molecular complexity index is 815. The number of nitrogens with one attached hydrogen (secondary N) is 2. The smallest absolute Gasteiger partial charge is 0.413 e. The molecule has 1 aliphatic carbocycles. The van der Waals surface area contributed by atoms with E-state index >= 15 is 0 Å². The predicted molar refractivity (Wildman–Crippen MR) is 95.4 cm³/mol. The van der Waals surface area contributed by atoms with Gasteiger partial charge in [0.25, 0.3) is 5.91 Å². The highest BCUT2D eigenvalue weighted by Gasteiger charge is 2.32. The lowest BCUT2D eigenvalue weighted by Gasteiger charge is -2.14. The number of rotatable bonds is 4. The average molecular weight is 393 g/mol. The molecule has 1 saturated heterocycles. The van der Waals surface area contributed by atoms with E-state index in [9.17, 15) is 24.0 Å². The normalized spacial score (nSPS) is 16.1. The van der Waals surface area contributed by atoms with Crippen molar-refractivity contribution in [3.05, 3.63) is 16.0 Å². The molecule has 2 heterocycles. The van der Waals surface area contributed by atoms with E-state index in [2.05, 4.69) is 15.4 Å². The van der Waals surface area contributed by atoms with Gasteiger partial charge >= 0.3 is 6.09 Å². The number of imide groups is 2. The number of carbonyl (C=O) groups excluding carboxylic acids is 5. The summed E-state index contributed by atoms with van der Waals surface area (Å²) >= 11 is 1.28. The number of hydrogen-bond donors (Lipinski definition) is 2. The first-order valence-corrected chi connectivity index (χ1v) is 9.39. The van der Waals surface area contributed by atoms with Gasteiger partial charge in [-0.2, -0.15) is 0 Å². The Labute approximate surface area is 159 Å². The zero-order valence-corrected chi connectivity index (χ0v) is 15.6. The van der Waals surface area contributed by atoms with E-state index in [1.807, 2.05) is 0 Å². The van der Waals surface area contributed by atoms with Gasteiger partial charge in [0.1, 0.15) is 11.5 Å². The number of fused-ring (bicyclic) bond motifs is 1. The maximum absolute atomic E-state index is 12.5. The summed E-state index contributed by atoms with van der Waals surface area (Å²) in [6.45, 7) is -0.391. The molecule has 1 aliphatic heterocycles. The number of aryl methyl sites for hydroxylation is 1. The minimum atomic E-state index is -0.888. The third-order valence-electron chi connectivity index (χ3n) is 4.51. The van der Waals surface area contributed by atoms with E-state index in [-0.39, 0.29) is 30.2 Å². The number of amides is 5. The highest BCUT2D eigenvalue weighted by molar-refractivity contribution is 7.17. The fourth-order valence-corrected chi connectivity index (χ4v) is 4.51. The van der Waals surface area contributed by atoms with Crippen LogP contribution >= 0.6 is 11.3 Å². The SMILES string of the molecule is COC(=O)NC(=O)c1c(NC(=O)CN2C(=O)CCC2=O)sc2c1CCCC2. The molecule has 0 atom stereocenters. The second-order valence-corrected chi connectivity index (χ2v) is 7.39. The van der Waals surface area contributed by atoms with Crippen molar-refractivity contribution < 1.29 is 28.7 Å². The van der Waals surface area contributed by atoms with Crippen molar-refractivity contribution in [1.82, 2.24) is 10.2 Å². The number of methoxy groups -OCH3 is 1. The Morgan fingerprint density at radius 2 is 1.74 bits per heavy atom. The van der Waals surface area contributed by atoms with Gasteiger partial charge in [0.05, 0.1) is 12.7 Å². The molecule has 1 fully saturated rings. The van der Waals surface area contributed by atoms with Gasteiger partial charge < -0.3 is 10.1 Å². The molecule has 10 heteroatoms. The van der Waals surface area contributed by atoms with Gasteiger partial charge in [-0.05, 0) is 31.2 Å². The summed E-state index contributed by atoms with van der Waals surface area (Å²) in [4.78, 5) is 61.5. The molecular formula is C17H19N3O6S. The highest BCUT2D eigenvalue weighted by atomic mass is 32.1. The third-order valence-corrected chi connectivity index (χ3v) is 5.72. The summed E-state index contributed by atoms with van der Waals surface area (Å²) in [7, 11) is 1.15. The number of likely N-dealkylation sites (tertiary alicyclic amines) is 1. The number of nitrogens with zero attached hydrogens (tertiary/aromatic N) is 1. The van der Waals surface area contributed by atoms with Crippen molar-refractivity contribution in [3.63, 3.8) is 0 Å². The summed E-state index contributed by atoms with van der Waals surface area (Å²) in [5.41, 5.74) is 1.06. The van der Waals surface area contributed by atoms with E-state index in [1.54, 1.807) is 0 Å². The first-order valence-electron chi connectivity index (χ1n) is 8.57. The zero-order valence-electron chi connectivity index (χ0n) is 14.8. The molecule has 0 aromatic carbocycles. The summed E-state index contributed by atoms with van der Waals surface area (Å²) in [6, 6.07) is 0. The molecule has 27 heavy (non-hydrogen) atoms. The molecule has 2 N–H and O–H groups in total. The van der Waals surface area contributed by atoms with Gasteiger partial charge in [0, 0.05) is 17.7 Å². The van der Waals surface area contributed by atoms with Crippen LogP contribution in [0.2, 0.25) is 0 Å². The van der Waals surface area contributed by atoms with Crippen LogP contribution < -0.4 is 10.6 Å². The van der Waals surface area contributed by atoms with Gasteiger partial charge in [-0.15, -0.1) is 11.3 Å². The zero-order chi connectivity index (χ0) is 19.6. The predicted octanol–water partition coefficient (Wildman–Crippen LogP) is 1.21. The van der Waals surface area contributed by atoms with Crippen molar-refractivity contribution in [2.75, 3.05) is 19.0 Å². The molecule has 0 radical (unpaired) electrons. The Morgan fingerprint density at radius 1 is 1.07 bits per heavy atom. The van der Waals surface area contributed by atoms with Crippen LogP contribution in [0, 0.1) is 0 Å². The minimum absolute atomic E-state index is 0.103. The Hall–Kier alpha value is -2.75. The van der Waals surface area contributed by atoms with Gasteiger partial charge in [0.15, 0.2) is 0 Å². The quantitative estimate of drug-likeness (QED) is 0.742. The molecule has 2 aliphatic rings. The van der Waals surface area contributed by atoms with Crippen molar-refractivity contribution >= 4 is 46.1 Å². The van der Waals surface area contributed by atoms with Crippen molar-refractivity contribution in [2.45, 2.75) is 38.5 Å². The summed E-state index contributed by atoms with van der Waals surface area (Å²) in [6.07, 6.45) is 2.67. The molecule has 0 bridgehead atoms. The minimum Gasteiger partial charge on any atom is -0.453 e. The monoisotopic (exact) mass is 393 g/mol. The lowest BCUT2D eigenvalue weighted by Crippen LogP contribution is -2.37. The standard InChI is InChI=1S/C17H19N3O6S/c1-26-17(25)19-15(24)14-9-4-2-3-5-10(9)27-16(14)18-11(21)8-20-12(22)6-7-13(20)23/h2-8H2,1H3,(H,18,21)(H,19,24,25). The fourth-order valence-electron chi connectivity index (χ4n) is 3.21. The molecule has 3 rings (SSSR count). The molecule has 1 aromatic heterocycles. The topological polar surface area (TPSA) is 122 Å². The molecule has 0 spiro atoms. The first-order chi connectivity index (χ1) is 12.9. The number of anilines is 1. The molecule has 1 aromatic rings. The summed E-state index contributed by atoms with van der Waals surface area (Å²) < 4.78 is 4.46. The van der Waals surface area contributed by atoms with E-state index in [4.69, 9.17) is 0 Å². The second kappa shape index (κ2) is 7.87. The Balaban J connectivity index is 1.81. The number of alkyl carbamates (subject to hydrolysis) is 1. The molecule has 0 saturated carbocycles. The number of carbonyl (C=O) groups is 5. The lowest BCUT2D eigenvalue weighted by molar-refractivity contribution is -0.141. The fraction of sp³-hybridized carbons (Fsp3) is 0.471. The van der Waals surface area contributed by atoms with E-state index in [1.165, 1.54) is 11.3 Å². The summed E-state index contributed by atoms with van der Waals surface area (Å²) in [5, 5.41) is 5.06. The number of ether oxygens (including phenoxy) is 1. The van der Waals surface area contributed by atoms with Crippen LogP contribution in [-0.2, 0) is 32.0 Å². The second-order valence-electron chi connectivity index (χ2n) is 6.28. The van der Waals surface area contributed by atoms with Gasteiger partial charge in [-0.25, -0.2) is 4.79 Å². The molecule has 0 unspecified atom stereocenters. The maximum atomic E-state index is 12.5. The van der Waals surface area contributed by atoms with Gasteiger partial charge in [-0.1, -0.05) is 0 Å². The first kappa shape index (κ1) is 19.0. The molecular weight excluding hydrogens is 374 g/mol. The van der Waals surface area contributed by atoms with Gasteiger partial charge in [0.2, 0.25) is 17.7 Å². The molecule has 144 valence electrons. The van der Waals surface area contributed by atoms with E-state index in [0.717, 1.165) is 41.7 Å². The van der Waals surface area contributed by atoms with E-state index < -0.39 is 24.5 Å². The molecule has 9 nitrogen and oxygen atoms in total. The number of thiophene rings is 1. The van der Waals surface area contributed by atoms with Crippen LogP contribution in [0.1, 0.15) is 46.5 Å². The Kier molecular flexibility index (Phi) is 5.54. The highest BCUT2D eigenvalue weighted by Crippen LogP contribution is 2.38. The van der Waals surface area contributed by atoms with Crippen molar-refractivity contribution in [3.8, 4) is 0 Å². The van der Waals surface area contributed by atoms with Crippen LogP contribution in [0.3, 0.4) is 0 Å². The number of hydrogen-bond acceptors (Lipinski definition) is 7. The Morgan fingerprint density at radius 3 is 2.41 bits per heavy atom.